The summed E-state index contributed by atoms with van der Waals surface area (Å²) in [7, 11) is 0. The second kappa shape index (κ2) is 5.73. The van der Waals surface area contributed by atoms with E-state index < -0.39 is 11.9 Å². The van der Waals surface area contributed by atoms with Crippen molar-refractivity contribution >= 4 is 11.9 Å². The van der Waals surface area contributed by atoms with Gasteiger partial charge >= 0.3 is 5.97 Å². The van der Waals surface area contributed by atoms with Crippen LogP contribution < -0.4 is 5.32 Å². The largest absolute Gasteiger partial charge is 0.481 e. The third kappa shape index (κ3) is 3.53. The van der Waals surface area contributed by atoms with E-state index in [1.165, 1.54) is 19.3 Å². The Balaban J connectivity index is 2.18. The Morgan fingerprint density at radius 1 is 1.47 bits per heavy atom. The molecular weight excluding hydrogens is 194 g/mol. The van der Waals surface area contributed by atoms with Crippen LogP contribution in [0.5, 0.6) is 0 Å². The number of nitrogens with one attached hydrogen (secondary N) is 1. The molecule has 0 spiro atoms. The van der Waals surface area contributed by atoms with Gasteiger partial charge in [-0.2, -0.15) is 0 Å². The Hall–Kier alpha value is -1.06. The number of carbonyl (C=O) groups is 2. The maximum atomic E-state index is 11.4. The molecule has 1 unspecified atom stereocenters. The van der Waals surface area contributed by atoms with Crippen LogP contribution in [-0.2, 0) is 9.59 Å². The van der Waals surface area contributed by atoms with Crippen molar-refractivity contribution in [3.63, 3.8) is 0 Å². The van der Waals surface area contributed by atoms with E-state index in [9.17, 15) is 9.59 Å². The van der Waals surface area contributed by atoms with E-state index in [4.69, 9.17) is 5.11 Å². The first-order valence-corrected chi connectivity index (χ1v) is 5.65. The summed E-state index contributed by atoms with van der Waals surface area (Å²) in [6, 6.07) is 0. The van der Waals surface area contributed by atoms with Crippen molar-refractivity contribution in [2.24, 2.45) is 11.8 Å². The summed E-state index contributed by atoms with van der Waals surface area (Å²) < 4.78 is 0. The van der Waals surface area contributed by atoms with Crippen LogP contribution in [0.4, 0.5) is 0 Å². The van der Waals surface area contributed by atoms with E-state index in [1.54, 1.807) is 6.92 Å². The Labute approximate surface area is 90.0 Å². The number of hydrogen-bond donors (Lipinski definition) is 2. The van der Waals surface area contributed by atoms with Crippen molar-refractivity contribution in [3.05, 3.63) is 0 Å². The van der Waals surface area contributed by atoms with Gasteiger partial charge in [0.25, 0.3) is 0 Å². The fraction of sp³-hybridized carbons (Fsp3) is 0.818. The fourth-order valence-electron chi connectivity index (χ4n) is 1.78. The third-order valence-corrected chi connectivity index (χ3v) is 3.10. The van der Waals surface area contributed by atoms with Crippen molar-refractivity contribution in [2.75, 3.05) is 6.54 Å². The smallest absolute Gasteiger partial charge is 0.316 e. The van der Waals surface area contributed by atoms with Crippen molar-refractivity contribution in [3.8, 4) is 0 Å². The Kier molecular flexibility index (Phi) is 4.59. The standard InChI is InChI=1S/C11H19NO3/c1-2-9(11(14)15)10(13)12-7-6-8-4-3-5-8/h8-9H,2-7H2,1H3,(H,12,13)(H,14,15). The lowest BCUT2D eigenvalue weighted by atomic mass is 9.83. The molecule has 0 saturated heterocycles. The zero-order valence-electron chi connectivity index (χ0n) is 9.16. The molecule has 4 nitrogen and oxygen atoms in total. The third-order valence-electron chi connectivity index (χ3n) is 3.10. The van der Waals surface area contributed by atoms with E-state index >= 15 is 0 Å². The molecule has 0 bridgehead atoms. The van der Waals surface area contributed by atoms with E-state index in [-0.39, 0.29) is 5.91 Å². The van der Waals surface area contributed by atoms with Crippen LogP contribution in [0.25, 0.3) is 0 Å². The highest BCUT2D eigenvalue weighted by atomic mass is 16.4. The zero-order valence-corrected chi connectivity index (χ0v) is 9.16. The molecule has 1 atom stereocenters. The highest BCUT2D eigenvalue weighted by Crippen LogP contribution is 2.28. The van der Waals surface area contributed by atoms with E-state index in [2.05, 4.69) is 5.32 Å². The number of carbonyl (C=O) groups excluding carboxylic acids is 1. The first-order valence-electron chi connectivity index (χ1n) is 5.65. The van der Waals surface area contributed by atoms with Gasteiger partial charge < -0.3 is 10.4 Å². The van der Waals surface area contributed by atoms with Crippen LogP contribution in [0.2, 0.25) is 0 Å². The lowest BCUT2D eigenvalue weighted by Crippen LogP contribution is -2.36. The average molecular weight is 213 g/mol. The molecule has 4 heteroatoms. The van der Waals surface area contributed by atoms with Gasteiger partial charge in [0.05, 0.1) is 0 Å². The van der Waals surface area contributed by atoms with Gasteiger partial charge in [0.1, 0.15) is 5.92 Å². The first kappa shape index (κ1) is 12.0. The van der Waals surface area contributed by atoms with Crippen LogP contribution in [-0.4, -0.2) is 23.5 Å². The number of aliphatic carboxylic acids is 1. The molecule has 0 radical (unpaired) electrons. The summed E-state index contributed by atoms with van der Waals surface area (Å²) >= 11 is 0. The molecule has 1 rings (SSSR count). The summed E-state index contributed by atoms with van der Waals surface area (Å²) in [5.74, 6) is -1.51. The van der Waals surface area contributed by atoms with Gasteiger partial charge in [-0.15, -0.1) is 0 Å². The molecule has 1 aliphatic carbocycles. The maximum absolute atomic E-state index is 11.4. The second-order valence-electron chi connectivity index (χ2n) is 4.18. The topological polar surface area (TPSA) is 66.4 Å². The van der Waals surface area contributed by atoms with Gasteiger partial charge in [-0.05, 0) is 18.8 Å². The molecule has 0 aromatic heterocycles. The quantitative estimate of drug-likeness (QED) is 0.655. The predicted octanol–water partition coefficient (Wildman–Crippen LogP) is 1.40. The lowest BCUT2D eigenvalue weighted by molar-refractivity contribution is -0.147. The average Bonchev–Trinajstić information content (AvgIpc) is 2.09. The number of carboxylic acid groups (broad SMARTS) is 1. The van der Waals surface area contributed by atoms with Crippen molar-refractivity contribution in [1.82, 2.24) is 5.32 Å². The summed E-state index contributed by atoms with van der Waals surface area (Å²) in [4.78, 5) is 22.1. The van der Waals surface area contributed by atoms with Crippen molar-refractivity contribution in [2.45, 2.75) is 39.0 Å². The number of rotatable bonds is 6. The van der Waals surface area contributed by atoms with Gasteiger partial charge in [-0.1, -0.05) is 26.2 Å². The minimum Gasteiger partial charge on any atom is -0.481 e. The molecule has 1 amide bonds. The molecule has 0 heterocycles. The molecule has 1 fully saturated rings. The Morgan fingerprint density at radius 2 is 2.13 bits per heavy atom. The fourth-order valence-corrected chi connectivity index (χ4v) is 1.78. The summed E-state index contributed by atoms with van der Waals surface area (Å²) in [5, 5.41) is 11.4. The van der Waals surface area contributed by atoms with Gasteiger partial charge in [0.15, 0.2) is 0 Å². The predicted molar refractivity (Wildman–Crippen MR) is 56.4 cm³/mol. The normalized spacial score (nSPS) is 17.9. The van der Waals surface area contributed by atoms with Crippen LogP contribution >= 0.6 is 0 Å². The Morgan fingerprint density at radius 3 is 2.53 bits per heavy atom. The number of hydrogen-bond acceptors (Lipinski definition) is 2. The highest BCUT2D eigenvalue weighted by molar-refractivity contribution is 5.96. The molecule has 2 N–H and O–H groups in total. The number of carboxylic acids is 1. The molecule has 15 heavy (non-hydrogen) atoms. The van der Waals surface area contributed by atoms with Gasteiger partial charge in [0.2, 0.25) is 5.91 Å². The molecule has 0 aliphatic heterocycles. The Bertz CT molecular complexity index is 236. The van der Waals surface area contributed by atoms with E-state index in [0.29, 0.717) is 13.0 Å². The number of amides is 1. The molecule has 1 aliphatic rings. The summed E-state index contributed by atoms with van der Waals surface area (Å²) in [6.45, 7) is 2.33. The molecule has 1 saturated carbocycles. The zero-order chi connectivity index (χ0) is 11.3. The van der Waals surface area contributed by atoms with Gasteiger partial charge in [-0.25, -0.2) is 0 Å². The summed E-state index contributed by atoms with van der Waals surface area (Å²) in [6.07, 6.45) is 5.15. The van der Waals surface area contributed by atoms with Gasteiger partial charge in [-0.3, -0.25) is 9.59 Å². The minimum atomic E-state index is -1.03. The van der Waals surface area contributed by atoms with Crippen molar-refractivity contribution < 1.29 is 14.7 Å². The van der Waals surface area contributed by atoms with E-state index in [1.807, 2.05) is 0 Å². The highest BCUT2D eigenvalue weighted by Gasteiger charge is 2.24. The molecule has 0 aromatic carbocycles. The monoisotopic (exact) mass is 213 g/mol. The SMILES string of the molecule is CCC(C(=O)O)C(=O)NCCC1CCC1. The molecular formula is C11H19NO3. The van der Waals surface area contributed by atoms with Crippen LogP contribution in [0.1, 0.15) is 39.0 Å². The molecule has 86 valence electrons. The van der Waals surface area contributed by atoms with Crippen LogP contribution in [0.15, 0.2) is 0 Å². The first-order chi connectivity index (χ1) is 7.15. The van der Waals surface area contributed by atoms with Crippen LogP contribution in [0, 0.1) is 11.8 Å². The minimum absolute atomic E-state index is 0.343. The lowest BCUT2D eigenvalue weighted by Gasteiger charge is -2.25. The molecule has 0 aromatic rings. The maximum Gasteiger partial charge on any atom is 0.316 e. The van der Waals surface area contributed by atoms with Crippen molar-refractivity contribution in [1.29, 1.82) is 0 Å². The van der Waals surface area contributed by atoms with Crippen LogP contribution in [0.3, 0.4) is 0 Å². The summed E-state index contributed by atoms with van der Waals surface area (Å²) in [5.41, 5.74) is 0. The second-order valence-corrected chi connectivity index (χ2v) is 4.18. The van der Waals surface area contributed by atoms with E-state index in [0.717, 1.165) is 12.3 Å². The van der Waals surface area contributed by atoms with Gasteiger partial charge in [0, 0.05) is 6.54 Å².